The van der Waals surface area contributed by atoms with E-state index in [9.17, 15) is 14.7 Å². The van der Waals surface area contributed by atoms with Gasteiger partial charge in [-0.25, -0.2) is 0 Å². The first-order valence-corrected chi connectivity index (χ1v) is 8.68. The normalized spacial score (nSPS) is 27.0. The van der Waals surface area contributed by atoms with E-state index in [1.165, 1.54) is 6.07 Å². The lowest BCUT2D eigenvalue weighted by molar-refractivity contribution is -0.00529. The fourth-order valence-electron chi connectivity index (χ4n) is 4.48. The number of carbonyl (C=O) groups excluding carboxylic acids is 1. The molecule has 2 atom stereocenters. The summed E-state index contributed by atoms with van der Waals surface area (Å²) in [6.45, 7) is 1.28. The van der Waals surface area contributed by atoms with E-state index >= 15 is 0 Å². The van der Waals surface area contributed by atoms with Crippen LogP contribution in [-0.4, -0.2) is 40.1 Å². The van der Waals surface area contributed by atoms with Crippen LogP contribution in [0.15, 0.2) is 35.1 Å². The number of H-pyrrole nitrogens is 1. The molecular formula is C19H22N2O3. The number of aromatic amines is 1. The lowest BCUT2D eigenvalue weighted by Gasteiger charge is -2.42. The maximum absolute atomic E-state index is 13.1. The van der Waals surface area contributed by atoms with E-state index in [4.69, 9.17) is 0 Å². The van der Waals surface area contributed by atoms with Gasteiger partial charge in [-0.3, -0.25) is 9.59 Å². The van der Waals surface area contributed by atoms with Crippen LogP contribution in [0.3, 0.4) is 0 Å². The Hall–Kier alpha value is -2.14. The van der Waals surface area contributed by atoms with Gasteiger partial charge in [0.15, 0.2) is 0 Å². The number of hydrogen-bond acceptors (Lipinski definition) is 3. The number of aliphatic hydroxyl groups excluding tert-OH is 1. The van der Waals surface area contributed by atoms with Crippen molar-refractivity contribution in [3.8, 4) is 0 Å². The smallest absolute Gasteiger partial charge is 0.254 e. The van der Waals surface area contributed by atoms with Gasteiger partial charge in [0.1, 0.15) is 0 Å². The van der Waals surface area contributed by atoms with Crippen molar-refractivity contribution < 1.29 is 9.90 Å². The summed E-state index contributed by atoms with van der Waals surface area (Å²) in [4.78, 5) is 29.6. The predicted octanol–water partition coefficient (Wildman–Crippen LogP) is 2.30. The molecule has 0 bridgehead atoms. The number of carbonyl (C=O) groups is 1. The number of amides is 1. The summed E-state index contributed by atoms with van der Waals surface area (Å²) in [6.07, 6.45) is 4.41. The van der Waals surface area contributed by atoms with Gasteiger partial charge >= 0.3 is 0 Å². The molecule has 5 heteroatoms. The van der Waals surface area contributed by atoms with Gasteiger partial charge in [-0.2, -0.15) is 0 Å². The molecule has 2 heterocycles. The van der Waals surface area contributed by atoms with Crippen molar-refractivity contribution in [2.45, 2.75) is 38.2 Å². The van der Waals surface area contributed by atoms with Gasteiger partial charge in [-0.15, -0.1) is 0 Å². The lowest BCUT2D eigenvalue weighted by atomic mass is 9.76. The number of fused-ring (bicyclic) bond motifs is 1. The number of pyridine rings is 1. The summed E-state index contributed by atoms with van der Waals surface area (Å²) in [6, 6.07) is 8.79. The molecule has 1 spiro atoms. The number of para-hydroxylation sites is 1. The highest BCUT2D eigenvalue weighted by Crippen LogP contribution is 2.45. The number of piperidine rings is 1. The Bertz CT molecular complexity index is 844. The summed E-state index contributed by atoms with van der Waals surface area (Å²) in [5, 5.41) is 11.2. The maximum atomic E-state index is 13.1. The SMILES string of the molecule is O=C(c1cc(=O)[nH]c2ccccc12)N1CCC[C@]2(CCCC2O)C1. The Labute approximate surface area is 140 Å². The van der Waals surface area contributed by atoms with Crippen molar-refractivity contribution in [1.82, 2.24) is 9.88 Å². The Morgan fingerprint density at radius 3 is 2.83 bits per heavy atom. The standard InChI is InChI=1S/C19H22N2O3/c22-16-7-3-8-19(16)9-4-10-21(12-19)18(24)14-11-17(23)20-15-6-2-1-5-13(14)15/h1-2,5-6,11,16,22H,3-4,7-10,12H2,(H,20,23)/t16?,19-/m1/s1. The summed E-state index contributed by atoms with van der Waals surface area (Å²) < 4.78 is 0. The topological polar surface area (TPSA) is 73.4 Å². The first-order chi connectivity index (χ1) is 11.6. The molecule has 1 unspecified atom stereocenters. The summed E-state index contributed by atoms with van der Waals surface area (Å²) in [5.41, 5.74) is 0.731. The average Bonchev–Trinajstić information content (AvgIpc) is 2.93. The Kier molecular flexibility index (Phi) is 3.68. The molecule has 1 aliphatic heterocycles. The predicted molar refractivity (Wildman–Crippen MR) is 92.0 cm³/mol. The fourth-order valence-corrected chi connectivity index (χ4v) is 4.48. The molecule has 0 radical (unpaired) electrons. The molecule has 2 aliphatic rings. The van der Waals surface area contributed by atoms with Gasteiger partial charge in [-0.1, -0.05) is 24.6 Å². The molecule has 1 amide bonds. The molecule has 2 fully saturated rings. The molecule has 24 heavy (non-hydrogen) atoms. The molecule has 1 aromatic carbocycles. The van der Waals surface area contributed by atoms with Crippen molar-refractivity contribution in [2.24, 2.45) is 5.41 Å². The van der Waals surface area contributed by atoms with Gasteiger partial charge < -0.3 is 15.0 Å². The molecule has 1 aromatic heterocycles. The van der Waals surface area contributed by atoms with Gasteiger partial charge in [0, 0.05) is 35.5 Å². The summed E-state index contributed by atoms with van der Waals surface area (Å²) in [5.74, 6) is -0.101. The first kappa shape index (κ1) is 15.4. The van der Waals surface area contributed by atoms with Crippen LogP contribution in [0.25, 0.3) is 10.9 Å². The zero-order valence-electron chi connectivity index (χ0n) is 13.6. The minimum absolute atomic E-state index is 0.101. The average molecular weight is 326 g/mol. The van der Waals surface area contributed by atoms with E-state index in [2.05, 4.69) is 4.98 Å². The van der Waals surface area contributed by atoms with E-state index in [1.807, 2.05) is 29.2 Å². The van der Waals surface area contributed by atoms with E-state index in [-0.39, 0.29) is 23.0 Å². The molecule has 1 saturated carbocycles. The van der Waals surface area contributed by atoms with Crippen LogP contribution in [0.2, 0.25) is 0 Å². The highest BCUT2D eigenvalue weighted by Gasteiger charge is 2.45. The highest BCUT2D eigenvalue weighted by molar-refractivity contribution is 6.06. The zero-order valence-corrected chi connectivity index (χ0v) is 13.6. The van der Waals surface area contributed by atoms with E-state index < -0.39 is 0 Å². The van der Waals surface area contributed by atoms with Gasteiger partial charge in [-0.05, 0) is 31.7 Å². The van der Waals surface area contributed by atoms with E-state index in [0.717, 1.165) is 37.5 Å². The first-order valence-electron chi connectivity index (χ1n) is 8.68. The molecule has 1 aliphatic carbocycles. The molecule has 2 N–H and O–H groups in total. The van der Waals surface area contributed by atoms with Gasteiger partial charge in [0.25, 0.3) is 5.91 Å². The minimum Gasteiger partial charge on any atom is -0.392 e. The van der Waals surface area contributed by atoms with Crippen molar-refractivity contribution in [1.29, 1.82) is 0 Å². The monoisotopic (exact) mass is 326 g/mol. The van der Waals surface area contributed by atoms with Crippen LogP contribution >= 0.6 is 0 Å². The molecule has 1 saturated heterocycles. The minimum atomic E-state index is -0.316. The fraction of sp³-hybridized carbons (Fsp3) is 0.474. The number of nitrogens with zero attached hydrogens (tertiary/aromatic N) is 1. The van der Waals surface area contributed by atoms with Crippen LogP contribution < -0.4 is 5.56 Å². The lowest BCUT2D eigenvalue weighted by Crippen LogP contribution is -2.49. The highest BCUT2D eigenvalue weighted by atomic mass is 16.3. The molecule has 2 aromatic rings. The number of aromatic nitrogens is 1. The number of nitrogens with one attached hydrogen (secondary N) is 1. The molecule has 126 valence electrons. The second kappa shape index (κ2) is 5.74. The molecule has 5 nitrogen and oxygen atoms in total. The van der Waals surface area contributed by atoms with E-state index in [0.29, 0.717) is 24.2 Å². The summed E-state index contributed by atoms with van der Waals surface area (Å²) in [7, 11) is 0. The third-order valence-corrected chi connectivity index (χ3v) is 5.74. The van der Waals surface area contributed by atoms with Gasteiger partial charge in [0.2, 0.25) is 5.56 Å². The second-order valence-corrected chi connectivity index (χ2v) is 7.19. The Morgan fingerprint density at radius 2 is 2.04 bits per heavy atom. The number of benzene rings is 1. The van der Waals surface area contributed by atoms with Crippen molar-refractivity contribution in [2.75, 3.05) is 13.1 Å². The Morgan fingerprint density at radius 1 is 1.25 bits per heavy atom. The number of rotatable bonds is 1. The van der Waals surface area contributed by atoms with Crippen molar-refractivity contribution in [3.05, 3.63) is 46.2 Å². The molecule has 4 rings (SSSR count). The van der Waals surface area contributed by atoms with Crippen LogP contribution in [-0.2, 0) is 0 Å². The van der Waals surface area contributed by atoms with E-state index in [1.54, 1.807) is 0 Å². The zero-order chi connectivity index (χ0) is 16.7. The van der Waals surface area contributed by atoms with Crippen molar-refractivity contribution >= 4 is 16.8 Å². The largest absolute Gasteiger partial charge is 0.392 e. The molecular weight excluding hydrogens is 304 g/mol. The second-order valence-electron chi connectivity index (χ2n) is 7.19. The number of likely N-dealkylation sites (tertiary alicyclic amines) is 1. The Balaban J connectivity index is 1.70. The number of hydrogen-bond donors (Lipinski definition) is 2. The third kappa shape index (κ3) is 2.44. The van der Waals surface area contributed by atoms with Gasteiger partial charge in [0.05, 0.1) is 11.7 Å². The maximum Gasteiger partial charge on any atom is 0.254 e. The van der Waals surface area contributed by atoms with Crippen molar-refractivity contribution in [3.63, 3.8) is 0 Å². The van der Waals surface area contributed by atoms with Crippen LogP contribution in [0.4, 0.5) is 0 Å². The van der Waals surface area contributed by atoms with Crippen LogP contribution in [0.5, 0.6) is 0 Å². The summed E-state index contributed by atoms with van der Waals surface area (Å²) >= 11 is 0. The van der Waals surface area contributed by atoms with Crippen LogP contribution in [0.1, 0.15) is 42.5 Å². The quantitative estimate of drug-likeness (QED) is 0.844. The number of aliphatic hydroxyl groups is 1. The third-order valence-electron chi connectivity index (χ3n) is 5.74. The van der Waals surface area contributed by atoms with Crippen LogP contribution in [0, 0.1) is 5.41 Å².